The lowest BCUT2D eigenvalue weighted by Gasteiger charge is -2.40. The van der Waals surface area contributed by atoms with Gasteiger partial charge in [0.15, 0.2) is 6.61 Å². The number of carbonyl (C=O) groups excluding carboxylic acids is 3. The average molecular weight is 578 g/mol. The summed E-state index contributed by atoms with van der Waals surface area (Å²) in [5, 5.41) is 21.4. The second-order valence-electron chi connectivity index (χ2n) is 11.1. The van der Waals surface area contributed by atoms with Gasteiger partial charge in [0.25, 0.3) is 11.8 Å². The van der Waals surface area contributed by atoms with Gasteiger partial charge in [-0.15, -0.1) is 0 Å². The molecule has 0 radical (unpaired) electrons. The highest BCUT2D eigenvalue weighted by molar-refractivity contribution is 6.05. The summed E-state index contributed by atoms with van der Waals surface area (Å²) in [6, 6.07) is 14.8. The van der Waals surface area contributed by atoms with Gasteiger partial charge in [-0.2, -0.15) is 5.10 Å². The Labute approximate surface area is 245 Å². The number of ether oxygens (including phenoxy) is 2. The Morgan fingerprint density at radius 3 is 2.74 bits per heavy atom. The van der Waals surface area contributed by atoms with E-state index in [1.54, 1.807) is 17.9 Å². The van der Waals surface area contributed by atoms with E-state index in [1.807, 2.05) is 47.4 Å². The van der Waals surface area contributed by atoms with Crippen LogP contribution in [0.25, 0.3) is 10.9 Å². The molecule has 3 amide bonds. The highest BCUT2D eigenvalue weighted by Crippen LogP contribution is 2.34. The zero-order valence-corrected chi connectivity index (χ0v) is 24.0. The van der Waals surface area contributed by atoms with Gasteiger partial charge < -0.3 is 30.1 Å². The van der Waals surface area contributed by atoms with Gasteiger partial charge in [0.2, 0.25) is 5.91 Å². The highest BCUT2D eigenvalue weighted by Gasteiger charge is 2.42. The summed E-state index contributed by atoms with van der Waals surface area (Å²) in [5.41, 5.74) is 0.919. The Hall–Kier alpha value is -3.96. The number of hydrogen-bond acceptors (Lipinski definition) is 7. The highest BCUT2D eigenvalue weighted by atomic mass is 16.5. The summed E-state index contributed by atoms with van der Waals surface area (Å²) < 4.78 is 12.8. The van der Waals surface area contributed by atoms with E-state index in [9.17, 15) is 19.5 Å². The van der Waals surface area contributed by atoms with E-state index < -0.39 is 11.5 Å². The fourth-order valence-corrected chi connectivity index (χ4v) is 5.91. The third-order valence-corrected chi connectivity index (χ3v) is 8.11. The van der Waals surface area contributed by atoms with E-state index in [4.69, 9.17) is 9.47 Å². The summed E-state index contributed by atoms with van der Waals surface area (Å²) in [4.78, 5) is 42.7. The zero-order valence-electron chi connectivity index (χ0n) is 24.0. The van der Waals surface area contributed by atoms with Gasteiger partial charge in [-0.25, -0.2) is 0 Å². The first-order valence-electron chi connectivity index (χ1n) is 14.6. The summed E-state index contributed by atoms with van der Waals surface area (Å²) in [6.45, 7) is 1.87. The maximum Gasteiger partial charge on any atom is 0.270 e. The van der Waals surface area contributed by atoms with Gasteiger partial charge in [0.05, 0.1) is 23.6 Å². The molecule has 1 unspecified atom stereocenters. The van der Waals surface area contributed by atoms with Gasteiger partial charge in [-0.05, 0) is 55.9 Å². The van der Waals surface area contributed by atoms with Gasteiger partial charge in [-0.1, -0.05) is 30.3 Å². The molecule has 1 aromatic heterocycles. The number of amides is 3. The van der Waals surface area contributed by atoms with Crippen LogP contribution in [0, 0.1) is 5.41 Å². The van der Waals surface area contributed by atoms with Crippen LogP contribution in [0.15, 0.2) is 48.5 Å². The van der Waals surface area contributed by atoms with Gasteiger partial charge >= 0.3 is 0 Å². The molecule has 3 N–H and O–H groups in total. The van der Waals surface area contributed by atoms with Crippen molar-refractivity contribution in [2.75, 3.05) is 46.5 Å². The van der Waals surface area contributed by atoms with Crippen molar-refractivity contribution >= 4 is 28.6 Å². The molecule has 224 valence electrons. The lowest BCUT2D eigenvalue weighted by atomic mass is 9.75. The first-order valence-corrected chi connectivity index (χ1v) is 14.6. The lowest BCUT2D eigenvalue weighted by Crippen LogP contribution is -2.53. The largest absolute Gasteiger partial charge is 0.484 e. The van der Waals surface area contributed by atoms with Gasteiger partial charge in [0.1, 0.15) is 11.4 Å². The van der Waals surface area contributed by atoms with Gasteiger partial charge in [0, 0.05) is 45.3 Å². The fraction of sp³-hybridized carbons (Fsp3) is 0.484. The number of nitrogens with zero attached hydrogens (tertiary/aromatic N) is 3. The van der Waals surface area contributed by atoms with Crippen molar-refractivity contribution in [2.24, 2.45) is 5.41 Å². The molecule has 11 heteroatoms. The number of nitrogens with one attached hydrogen (secondary N) is 2. The van der Waals surface area contributed by atoms with E-state index in [1.165, 1.54) is 0 Å². The number of carbonyl (C=O) groups is 3. The average Bonchev–Trinajstić information content (AvgIpc) is 3.37. The number of methoxy groups -OCH3 is 1. The number of piperidine rings is 1. The van der Waals surface area contributed by atoms with Crippen molar-refractivity contribution in [3.8, 4) is 5.75 Å². The number of likely N-dealkylation sites (tertiary alicyclic amines) is 1. The minimum Gasteiger partial charge on any atom is -0.484 e. The van der Waals surface area contributed by atoms with Crippen molar-refractivity contribution in [1.29, 1.82) is 0 Å². The molecule has 2 aromatic carbocycles. The maximum atomic E-state index is 14.4. The minimum atomic E-state index is -0.982. The third kappa shape index (κ3) is 6.74. The smallest absolute Gasteiger partial charge is 0.270 e. The van der Waals surface area contributed by atoms with E-state index >= 15 is 0 Å². The molecular formula is C31H39N5O6. The van der Waals surface area contributed by atoms with Crippen molar-refractivity contribution < 1.29 is 29.0 Å². The molecule has 3 heterocycles. The predicted molar refractivity (Wildman–Crippen MR) is 156 cm³/mol. The van der Waals surface area contributed by atoms with E-state index in [2.05, 4.69) is 15.7 Å². The monoisotopic (exact) mass is 577 g/mol. The topological polar surface area (TPSA) is 135 Å². The number of aliphatic hydroxyl groups excluding tert-OH is 1. The first kappa shape index (κ1) is 29.5. The molecular weight excluding hydrogens is 538 g/mol. The number of hydrogen-bond donors (Lipinski definition) is 3. The molecule has 1 fully saturated rings. The van der Waals surface area contributed by atoms with Gasteiger partial charge in [-0.3, -0.25) is 19.1 Å². The minimum absolute atomic E-state index is 0.0593. The van der Waals surface area contributed by atoms with Crippen molar-refractivity contribution in [2.45, 2.75) is 44.8 Å². The molecule has 0 saturated carbocycles. The second-order valence-corrected chi connectivity index (χ2v) is 11.1. The molecule has 2 bridgehead atoms. The summed E-state index contributed by atoms with van der Waals surface area (Å²) in [5.74, 6) is -0.154. The van der Waals surface area contributed by atoms with Crippen LogP contribution in [-0.4, -0.2) is 90.1 Å². The summed E-state index contributed by atoms with van der Waals surface area (Å²) >= 11 is 0. The van der Waals surface area contributed by atoms with Crippen molar-refractivity contribution in [3.05, 3.63) is 59.8 Å². The number of aliphatic hydroxyl groups is 1. The Morgan fingerprint density at radius 1 is 1.12 bits per heavy atom. The van der Waals surface area contributed by atoms with Crippen LogP contribution in [0.3, 0.4) is 0 Å². The third-order valence-electron chi connectivity index (χ3n) is 8.11. The van der Waals surface area contributed by atoms with Crippen LogP contribution in [0.5, 0.6) is 5.75 Å². The second kappa shape index (κ2) is 13.3. The standard InChI is InChI=1S/C31H39N5O6/c1-41-17-5-12-31(30(40)35-14-10-23(37)11-15-35)19-22-6-4-7-24(18-22)42-20-27(38)32-13-16-36-28(29(39)33-21-31)25-8-2-3-9-26(25)34-36/h2-4,6-9,18,23,37H,5,10-17,19-21H2,1H3,(H,32,38)(H,33,39). The van der Waals surface area contributed by atoms with Crippen LogP contribution in [0.4, 0.5) is 0 Å². The number of rotatable bonds is 5. The Morgan fingerprint density at radius 2 is 1.93 bits per heavy atom. The zero-order chi connectivity index (χ0) is 29.5. The molecule has 5 rings (SSSR count). The molecule has 1 atom stereocenters. The molecule has 0 spiro atoms. The van der Waals surface area contributed by atoms with Crippen molar-refractivity contribution in [3.63, 3.8) is 0 Å². The van der Waals surface area contributed by atoms with Crippen LogP contribution in [0.1, 0.15) is 41.7 Å². The molecule has 42 heavy (non-hydrogen) atoms. The molecule has 2 aliphatic heterocycles. The Kier molecular flexibility index (Phi) is 9.38. The molecule has 3 aromatic rings. The van der Waals surface area contributed by atoms with E-state index in [-0.39, 0.29) is 44.0 Å². The van der Waals surface area contributed by atoms with Crippen LogP contribution in [-0.2, 0) is 27.3 Å². The lowest BCUT2D eigenvalue weighted by molar-refractivity contribution is -0.144. The van der Waals surface area contributed by atoms with Crippen LogP contribution >= 0.6 is 0 Å². The van der Waals surface area contributed by atoms with Crippen molar-refractivity contribution in [1.82, 2.24) is 25.3 Å². The van der Waals surface area contributed by atoms with Crippen LogP contribution in [0.2, 0.25) is 0 Å². The number of benzene rings is 2. The van der Waals surface area contributed by atoms with E-state index in [0.717, 1.165) is 5.56 Å². The predicted octanol–water partition coefficient (Wildman–Crippen LogP) is 1.91. The fourth-order valence-electron chi connectivity index (χ4n) is 5.91. The van der Waals surface area contributed by atoms with E-state index in [0.29, 0.717) is 74.1 Å². The Balaban J connectivity index is 1.55. The molecule has 2 aliphatic rings. The normalized spacial score (nSPS) is 20.9. The quantitative estimate of drug-likeness (QED) is 0.395. The first-order chi connectivity index (χ1) is 20.4. The Bertz CT molecular complexity index is 1420. The molecule has 1 saturated heterocycles. The SMILES string of the molecule is COCCCC1(C(=O)N2CCC(O)CC2)CNC(=O)c2c3ccccc3nn2CCNC(=O)COc2cccc(c2)C1. The number of fused-ring (bicyclic) bond motifs is 5. The summed E-state index contributed by atoms with van der Waals surface area (Å²) in [7, 11) is 1.63. The maximum absolute atomic E-state index is 14.4. The number of aromatic nitrogens is 2. The molecule has 11 nitrogen and oxygen atoms in total. The summed E-state index contributed by atoms with van der Waals surface area (Å²) in [6.07, 6.45) is 2.05. The molecule has 0 aliphatic carbocycles. The van der Waals surface area contributed by atoms with Crippen LogP contribution < -0.4 is 15.4 Å².